The van der Waals surface area contributed by atoms with Crippen molar-refractivity contribution < 1.29 is 9.90 Å². The molecule has 8 nitrogen and oxygen atoms in total. The lowest BCUT2D eigenvalue weighted by Crippen LogP contribution is -2.48. The van der Waals surface area contributed by atoms with Crippen molar-refractivity contribution in [3.63, 3.8) is 0 Å². The zero-order valence-electron chi connectivity index (χ0n) is 21.7. The van der Waals surface area contributed by atoms with Crippen LogP contribution in [0.5, 0.6) is 5.88 Å². The summed E-state index contributed by atoms with van der Waals surface area (Å²) in [7, 11) is 0. The minimum atomic E-state index is -0.829. The monoisotopic (exact) mass is 590 g/mol. The summed E-state index contributed by atoms with van der Waals surface area (Å²) in [4.78, 5) is 44.0. The third-order valence-corrected chi connectivity index (χ3v) is 9.60. The van der Waals surface area contributed by atoms with Crippen molar-refractivity contribution in [3.05, 3.63) is 84.5 Å². The van der Waals surface area contributed by atoms with Gasteiger partial charge in [-0.3, -0.25) is 9.78 Å². The van der Waals surface area contributed by atoms with Crippen LogP contribution in [0.3, 0.4) is 0 Å². The Balaban J connectivity index is 1.27. The van der Waals surface area contributed by atoms with Crippen LogP contribution in [0.15, 0.2) is 61.5 Å². The minimum Gasteiger partial charge on any atom is -0.493 e. The van der Waals surface area contributed by atoms with E-state index in [-0.39, 0.29) is 11.0 Å². The number of nitrogens with one attached hydrogen (secondary N) is 2. The predicted octanol–water partition coefficient (Wildman–Crippen LogP) is 5.68. The van der Waals surface area contributed by atoms with Crippen LogP contribution in [0.25, 0.3) is 5.69 Å². The number of aromatic amines is 1. The van der Waals surface area contributed by atoms with Gasteiger partial charge in [0.25, 0.3) is 5.56 Å². The molecule has 202 valence electrons. The number of anilines is 1. The second kappa shape index (κ2) is 9.93. The van der Waals surface area contributed by atoms with Crippen LogP contribution in [-0.2, 0) is 11.8 Å². The quantitative estimate of drug-likeness (QED) is 0.332. The fourth-order valence-corrected chi connectivity index (χ4v) is 7.94. The lowest BCUT2D eigenvalue weighted by atomic mass is 9.48. The number of urea groups is 1. The molecule has 3 aromatic rings. The van der Waals surface area contributed by atoms with Gasteiger partial charge in [0.2, 0.25) is 5.88 Å². The van der Waals surface area contributed by atoms with Crippen LogP contribution in [0.1, 0.15) is 62.1 Å². The molecule has 9 heteroatoms. The van der Waals surface area contributed by atoms with Gasteiger partial charge in [-0.15, -0.1) is 0 Å². The van der Waals surface area contributed by atoms with Crippen LogP contribution in [-0.4, -0.2) is 26.9 Å². The molecule has 1 heterocycles. The van der Waals surface area contributed by atoms with Crippen LogP contribution >= 0.6 is 15.9 Å². The van der Waals surface area contributed by atoms with Crippen molar-refractivity contribution in [2.45, 2.75) is 57.3 Å². The number of halogens is 1. The van der Waals surface area contributed by atoms with E-state index < -0.39 is 23.2 Å². The number of hydrogen-bond acceptors (Lipinski definition) is 4. The first-order valence-electron chi connectivity index (χ1n) is 13.6. The largest absolute Gasteiger partial charge is 0.493 e. The average Bonchev–Trinajstić information content (AvgIpc) is 2.89. The molecule has 39 heavy (non-hydrogen) atoms. The van der Waals surface area contributed by atoms with Crippen LogP contribution in [0.4, 0.5) is 10.5 Å². The number of carbonyl (C=O) groups is 1. The standard InChI is InChI=1S/C30H31BrN4O4/c1-2-20-5-3-4-6-25(20)35-27(37)22(26(36)34-29(35)39)16-32-28(38)33-24-12-21(7-8-23(24)31)30-13-17-9-18(14-30)11-19(10-17)15-30/h3-8,12,16-19,37H,2,9-11,13-15H2,1H3,(H,33,38)(H,34,36,39). The Kier molecular flexibility index (Phi) is 6.57. The second-order valence-electron chi connectivity index (χ2n) is 11.4. The molecule has 4 aliphatic rings. The van der Waals surface area contributed by atoms with E-state index in [0.29, 0.717) is 17.8 Å². The van der Waals surface area contributed by atoms with Crippen LogP contribution in [0, 0.1) is 17.8 Å². The van der Waals surface area contributed by atoms with Gasteiger partial charge < -0.3 is 10.4 Å². The van der Waals surface area contributed by atoms with Crippen molar-refractivity contribution in [2.24, 2.45) is 22.7 Å². The maximum absolute atomic E-state index is 12.8. The molecule has 0 radical (unpaired) electrons. The van der Waals surface area contributed by atoms with E-state index in [1.54, 1.807) is 12.1 Å². The van der Waals surface area contributed by atoms with Gasteiger partial charge in [0.15, 0.2) is 0 Å². The Morgan fingerprint density at radius 2 is 1.79 bits per heavy atom. The van der Waals surface area contributed by atoms with E-state index in [2.05, 4.69) is 43.4 Å². The first-order chi connectivity index (χ1) is 18.8. The van der Waals surface area contributed by atoms with Gasteiger partial charge in [0.05, 0.1) is 17.6 Å². The molecular formula is C30H31BrN4O4. The molecule has 4 bridgehead atoms. The number of aromatic nitrogens is 2. The fourth-order valence-electron chi connectivity index (χ4n) is 7.59. The Labute approximate surface area is 234 Å². The third kappa shape index (κ3) is 4.67. The molecule has 7 rings (SSSR count). The third-order valence-electron chi connectivity index (χ3n) is 8.90. The molecule has 4 aliphatic carbocycles. The number of carbonyl (C=O) groups excluding carboxylic acids is 1. The van der Waals surface area contributed by atoms with Gasteiger partial charge in [0, 0.05) is 4.47 Å². The number of H-pyrrole nitrogens is 1. The summed E-state index contributed by atoms with van der Waals surface area (Å²) in [5.41, 5.74) is 1.44. The van der Waals surface area contributed by atoms with Gasteiger partial charge in [-0.2, -0.15) is 0 Å². The molecule has 0 saturated heterocycles. The van der Waals surface area contributed by atoms with E-state index in [4.69, 9.17) is 0 Å². The van der Waals surface area contributed by atoms with Gasteiger partial charge in [-0.25, -0.2) is 19.1 Å². The first kappa shape index (κ1) is 25.8. The average molecular weight is 592 g/mol. The summed E-state index contributed by atoms with van der Waals surface area (Å²) in [5, 5.41) is 13.7. The molecular weight excluding hydrogens is 560 g/mol. The molecule has 0 atom stereocenters. The Hall–Kier alpha value is -3.46. The summed E-state index contributed by atoms with van der Waals surface area (Å²) >= 11 is 3.55. The Morgan fingerprint density at radius 1 is 1.13 bits per heavy atom. The summed E-state index contributed by atoms with van der Waals surface area (Å²) in [5.74, 6) is 1.84. The minimum absolute atomic E-state index is 0.180. The number of benzene rings is 2. The number of hydrogen-bond donors (Lipinski definition) is 3. The zero-order chi connectivity index (χ0) is 27.3. The number of aliphatic imine (C=N–C) groups is 1. The topological polar surface area (TPSA) is 117 Å². The smallest absolute Gasteiger partial charge is 0.345 e. The van der Waals surface area contributed by atoms with Gasteiger partial charge >= 0.3 is 11.7 Å². The molecule has 1 aromatic heterocycles. The number of nitrogens with zero attached hydrogens (tertiary/aromatic N) is 2. The van der Waals surface area contributed by atoms with Crippen molar-refractivity contribution >= 4 is 33.9 Å². The fraction of sp³-hybridized carbons (Fsp3) is 0.400. The molecule has 4 saturated carbocycles. The first-order valence-corrected chi connectivity index (χ1v) is 14.4. The van der Waals surface area contributed by atoms with Crippen LogP contribution in [0.2, 0.25) is 0 Å². The molecule has 3 N–H and O–H groups in total. The molecule has 0 spiro atoms. The number of aryl methyl sites for hydroxylation is 1. The Bertz CT molecular complexity index is 1570. The lowest BCUT2D eigenvalue weighted by Gasteiger charge is -2.57. The molecule has 0 unspecified atom stereocenters. The Morgan fingerprint density at radius 3 is 2.46 bits per heavy atom. The number of rotatable bonds is 5. The SMILES string of the molecule is CCc1ccccc1-n1c(O)c(C=NC(=O)Nc2cc(C34CC5CC(CC(C5)C3)C4)ccc2Br)c(=O)[nH]c1=O. The highest BCUT2D eigenvalue weighted by atomic mass is 79.9. The van der Waals surface area contributed by atoms with E-state index in [9.17, 15) is 19.5 Å². The van der Waals surface area contributed by atoms with Gasteiger partial charge in [-0.05, 0) is 113 Å². The van der Waals surface area contributed by atoms with E-state index >= 15 is 0 Å². The molecule has 2 amide bonds. The van der Waals surface area contributed by atoms with Gasteiger partial charge in [0.1, 0.15) is 5.56 Å². The summed E-state index contributed by atoms with van der Waals surface area (Å²) in [6.45, 7) is 1.93. The maximum Gasteiger partial charge on any atom is 0.345 e. The van der Waals surface area contributed by atoms with E-state index in [1.807, 2.05) is 25.1 Å². The molecule has 0 aliphatic heterocycles. The highest BCUT2D eigenvalue weighted by Crippen LogP contribution is 2.61. The highest BCUT2D eigenvalue weighted by Gasteiger charge is 2.51. The molecule has 4 fully saturated rings. The van der Waals surface area contributed by atoms with Crippen molar-refractivity contribution in [3.8, 4) is 11.6 Å². The number of para-hydroxylation sites is 1. The lowest BCUT2D eigenvalue weighted by molar-refractivity contribution is -0.00517. The van der Waals surface area contributed by atoms with Crippen LogP contribution < -0.4 is 16.6 Å². The summed E-state index contributed by atoms with van der Waals surface area (Å²) in [6, 6.07) is 12.6. The highest BCUT2D eigenvalue weighted by molar-refractivity contribution is 9.10. The number of aromatic hydroxyl groups is 1. The van der Waals surface area contributed by atoms with Crippen molar-refractivity contribution in [1.82, 2.24) is 9.55 Å². The van der Waals surface area contributed by atoms with Crippen molar-refractivity contribution in [1.29, 1.82) is 0 Å². The predicted molar refractivity (Wildman–Crippen MR) is 154 cm³/mol. The maximum atomic E-state index is 12.8. The van der Waals surface area contributed by atoms with E-state index in [1.165, 1.54) is 44.1 Å². The second-order valence-corrected chi connectivity index (χ2v) is 12.2. The van der Waals surface area contributed by atoms with Crippen molar-refractivity contribution in [2.75, 3.05) is 5.32 Å². The summed E-state index contributed by atoms with van der Waals surface area (Å²) < 4.78 is 1.76. The van der Waals surface area contributed by atoms with E-state index in [0.717, 1.165) is 38.6 Å². The number of amides is 2. The summed E-state index contributed by atoms with van der Waals surface area (Å²) in [6.07, 6.45) is 9.32. The molecule has 2 aromatic carbocycles. The van der Waals surface area contributed by atoms with Gasteiger partial charge in [-0.1, -0.05) is 31.2 Å². The normalized spacial score (nSPS) is 25.3. The zero-order valence-corrected chi connectivity index (χ0v) is 23.3.